The van der Waals surface area contributed by atoms with Crippen LogP contribution in [0, 0.1) is 0 Å². The largest absolute Gasteiger partial charge is 0.486 e. The van der Waals surface area contributed by atoms with Crippen molar-refractivity contribution in [2.24, 2.45) is 0 Å². The molecule has 1 aromatic heterocycles. The summed E-state index contributed by atoms with van der Waals surface area (Å²) >= 11 is 0. The van der Waals surface area contributed by atoms with Crippen LogP contribution in [0.5, 0.6) is 5.75 Å². The molecular weight excluding hydrogens is 236 g/mol. The minimum Gasteiger partial charge on any atom is -0.486 e. The highest BCUT2D eigenvalue weighted by Crippen LogP contribution is 2.26. The third kappa shape index (κ3) is 3.55. The second-order valence-corrected chi connectivity index (χ2v) is 4.43. The van der Waals surface area contributed by atoms with Crippen molar-refractivity contribution in [1.82, 2.24) is 10.3 Å². The first-order valence-corrected chi connectivity index (χ1v) is 6.62. The molecule has 0 aliphatic heterocycles. The number of allylic oxidation sites excluding steroid dienone is 1. The number of aromatic nitrogens is 1. The van der Waals surface area contributed by atoms with Crippen LogP contribution >= 0.6 is 0 Å². The Morgan fingerprint density at radius 3 is 3.05 bits per heavy atom. The molecule has 100 valence electrons. The molecule has 0 fully saturated rings. The molecule has 0 bridgehead atoms. The molecule has 1 unspecified atom stereocenters. The highest BCUT2D eigenvalue weighted by molar-refractivity contribution is 5.87. The second-order valence-electron chi connectivity index (χ2n) is 4.43. The quantitative estimate of drug-likeness (QED) is 0.806. The van der Waals surface area contributed by atoms with Crippen molar-refractivity contribution in [3.8, 4) is 5.75 Å². The van der Waals surface area contributed by atoms with Crippen molar-refractivity contribution in [3.63, 3.8) is 0 Å². The maximum absolute atomic E-state index is 6.12. The fourth-order valence-corrected chi connectivity index (χ4v) is 2.05. The maximum atomic E-state index is 6.12. The van der Waals surface area contributed by atoms with E-state index in [2.05, 4.69) is 16.4 Å². The van der Waals surface area contributed by atoms with Crippen LogP contribution in [0.25, 0.3) is 10.8 Å². The van der Waals surface area contributed by atoms with Gasteiger partial charge in [0.2, 0.25) is 0 Å². The minimum atomic E-state index is 0.0937. The van der Waals surface area contributed by atoms with Crippen LogP contribution in [-0.4, -0.2) is 24.7 Å². The highest BCUT2D eigenvalue weighted by atomic mass is 16.5. The molecule has 2 rings (SSSR count). The summed E-state index contributed by atoms with van der Waals surface area (Å²) in [7, 11) is 1.95. The van der Waals surface area contributed by atoms with Gasteiger partial charge in [0, 0.05) is 29.6 Å². The Balaban J connectivity index is 2.23. The first-order valence-electron chi connectivity index (χ1n) is 6.62. The summed E-state index contributed by atoms with van der Waals surface area (Å²) in [6.07, 6.45) is 8.83. The van der Waals surface area contributed by atoms with Crippen LogP contribution in [-0.2, 0) is 0 Å². The first-order chi connectivity index (χ1) is 9.35. The fourth-order valence-electron chi connectivity index (χ4n) is 2.05. The molecule has 0 saturated heterocycles. The molecule has 2 aromatic rings. The molecule has 0 saturated carbocycles. The van der Waals surface area contributed by atoms with Gasteiger partial charge >= 0.3 is 0 Å². The van der Waals surface area contributed by atoms with Gasteiger partial charge in [-0.3, -0.25) is 4.98 Å². The molecule has 0 aliphatic carbocycles. The molecule has 1 aromatic carbocycles. The number of nitrogens with zero attached hydrogens (tertiary/aromatic N) is 1. The van der Waals surface area contributed by atoms with Gasteiger partial charge in [0.15, 0.2) is 0 Å². The van der Waals surface area contributed by atoms with Gasteiger partial charge in [-0.25, -0.2) is 0 Å². The lowest BCUT2D eigenvalue weighted by Crippen LogP contribution is -2.20. The number of fused-ring (bicyclic) bond motifs is 1. The van der Waals surface area contributed by atoms with Crippen molar-refractivity contribution in [2.75, 3.05) is 13.6 Å². The molecule has 0 aliphatic rings. The Labute approximate surface area is 114 Å². The fraction of sp³-hybridized carbons (Fsp3) is 0.312. The summed E-state index contributed by atoms with van der Waals surface area (Å²) in [5.41, 5.74) is 0. The lowest BCUT2D eigenvalue weighted by atomic mass is 10.1. The summed E-state index contributed by atoms with van der Waals surface area (Å²) in [5.74, 6) is 0.916. The van der Waals surface area contributed by atoms with Gasteiger partial charge in [-0.2, -0.15) is 0 Å². The van der Waals surface area contributed by atoms with Crippen molar-refractivity contribution in [2.45, 2.75) is 19.4 Å². The monoisotopic (exact) mass is 256 g/mol. The Morgan fingerprint density at radius 1 is 1.37 bits per heavy atom. The van der Waals surface area contributed by atoms with Gasteiger partial charge < -0.3 is 10.1 Å². The van der Waals surface area contributed by atoms with E-state index in [4.69, 9.17) is 4.74 Å². The lowest BCUT2D eigenvalue weighted by Gasteiger charge is -2.17. The maximum Gasteiger partial charge on any atom is 0.128 e. The van der Waals surface area contributed by atoms with E-state index in [1.807, 2.05) is 50.5 Å². The summed E-state index contributed by atoms with van der Waals surface area (Å²) in [4.78, 5) is 4.14. The molecular formula is C16H20N2O. The van der Waals surface area contributed by atoms with E-state index in [0.717, 1.165) is 29.5 Å². The Morgan fingerprint density at radius 2 is 2.26 bits per heavy atom. The molecule has 3 heteroatoms. The van der Waals surface area contributed by atoms with Crippen LogP contribution in [0.1, 0.15) is 13.3 Å². The van der Waals surface area contributed by atoms with Gasteiger partial charge in [-0.05, 0) is 38.7 Å². The molecule has 1 heterocycles. The molecule has 0 amide bonds. The predicted molar refractivity (Wildman–Crippen MR) is 79.5 cm³/mol. The van der Waals surface area contributed by atoms with E-state index in [0.29, 0.717) is 0 Å². The Hall–Kier alpha value is -1.87. The van der Waals surface area contributed by atoms with Crippen molar-refractivity contribution >= 4 is 10.8 Å². The van der Waals surface area contributed by atoms with Crippen molar-refractivity contribution < 1.29 is 4.74 Å². The summed E-state index contributed by atoms with van der Waals surface area (Å²) in [6, 6.07) is 8.06. The topological polar surface area (TPSA) is 34.1 Å². The standard InChI is InChI=1S/C16H20N2O/c1-3-5-14(8-10-17-2)19-16-7-4-6-13-12-18-11-9-15(13)16/h3-7,9,11-12,14,17H,8,10H2,1-2H3/b5-3+. The average Bonchev–Trinajstić information content (AvgIpc) is 2.45. The molecule has 3 nitrogen and oxygen atoms in total. The molecule has 19 heavy (non-hydrogen) atoms. The Kier molecular flexibility index (Phi) is 4.93. The zero-order valence-corrected chi connectivity index (χ0v) is 11.5. The van der Waals surface area contributed by atoms with E-state index in [-0.39, 0.29) is 6.10 Å². The van der Waals surface area contributed by atoms with E-state index < -0.39 is 0 Å². The summed E-state index contributed by atoms with van der Waals surface area (Å²) in [6.45, 7) is 2.95. The normalized spacial score (nSPS) is 12.9. The Bertz CT molecular complexity index is 546. The number of benzene rings is 1. The summed E-state index contributed by atoms with van der Waals surface area (Å²) < 4.78 is 6.12. The number of hydrogen-bond acceptors (Lipinski definition) is 3. The molecule has 1 N–H and O–H groups in total. The van der Waals surface area contributed by atoms with E-state index in [9.17, 15) is 0 Å². The van der Waals surface area contributed by atoms with E-state index in [1.54, 1.807) is 6.20 Å². The number of rotatable bonds is 6. The van der Waals surface area contributed by atoms with E-state index in [1.165, 1.54) is 0 Å². The molecule has 0 radical (unpaired) electrons. The zero-order valence-electron chi connectivity index (χ0n) is 11.5. The van der Waals surface area contributed by atoms with Crippen LogP contribution in [0.3, 0.4) is 0 Å². The van der Waals surface area contributed by atoms with Crippen LogP contribution in [0.4, 0.5) is 0 Å². The third-order valence-corrected chi connectivity index (χ3v) is 3.01. The van der Waals surface area contributed by atoms with Crippen molar-refractivity contribution in [3.05, 3.63) is 48.8 Å². The van der Waals surface area contributed by atoms with Crippen molar-refractivity contribution in [1.29, 1.82) is 0 Å². The van der Waals surface area contributed by atoms with Gasteiger partial charge in [0.1, 0.15) is 11.9 Å². The van der Waals surface area contributed by atoms with Gasteiger partial charge in [-0.1, -0.05) is 18.2 Å². The number of ether oxygens (including phenoxy) is 1. The average molecular weight is 256 g/mol. The second kappa shape index (κ2) is 6.90. The van der Waals surface area contributed by atoms with Gasteiger partial charge in [-0.15, -0.1) is 0 Å². The van der Waals surface area contributed by atoms with Crippen LogP contribution in [0.15, 0.2) is 48.8 Å². The smallest absolute Gasteiger partial charge is 0.128 e. The molecule has 1 atom stereocenters. The zero-order chi connectivity index (χ0) is 13.5. The predicted octanol–water partition coefficient (Wildman–Crippen LogP) is 3.17. The van der Waals surface area contributed by atoms with Crippen LogP contribution in [0.2, 0.25) is 0 Å². The summed E-state index contributed by atoms with van der Waals surface area (Å²) in [5, 5.41) is 5.37. The number of hydrogen-bond donors (Lipinski definition) is 1. The van der Waals surface area contributed by atoms with Crippen LogP contribution < -0.4 is 10.1 Å². The minimum absolute atomic E-state index is 0.0937. The van der Waals surface area contributed by atoms with E-state index >= 15 is 0 Å². The first kappa shape index (κ1) is 13.6. The SMILES string of the molecule is C/C=C/C(CCNC)Oc1cccc2cnccc12. The number of nitrogens with one attached hydrogen (secondary N) is 1. The lowest BCUT2D eigenvalue weighted by molar-refractivity contribution is 0.241. The van der Waals surface area contributed by atoms with Gasteiger partial charge in [0.05, 0.1) is 0 Å². The van der Waals surface area contributed by atoms with Gasteiger partial charge in [0.25, 0.3) is 0 Å². The molecule has 0 spiro atoms. The highest BCUT2D eigenvalue weighted by Gasteiger charge is 2.08. The third-order valence-electron chi connectivity index (χ3n) is 3.01. The number of pyridine rings is 1.